The zero-order valence-electron chi connectivity index (χ0n) is 17.8. The quantitative estimate of drug-likeness (QED) is 0.162. The van der Waals surface area contributed by atoms with E-state index < -0.39 is 0 Å². The van der Waals surface area contributed by atoms with Gasteiger partial charge in [-0.05, 0) is 56.2 Å². The van der Waals surface area contributed by atoms with E-state index in [0.717, 1.165) is 16.8 Å². The molecule has 164 valence electrons. The average Bonchev–Trinajstić information content (AvgIpc) is 3.09. The van der Waals surface area contributed by atoms with E-state index in [1.807, 2.05) is 66.9 Å². The van der Waals surface area contributed by atoms with Crippen molar-refractivity contribution in [3.63, 3.8) is 0 Å². The lowest BCUT2D eigenvalue weighted by atomic mass is 10.1. The van der Waals surface area contributed by atoms with Gasteiger partial charge in [0.1, 0.15) is 4.70 Å². The van der Waals surface area contributed by atoms with Crippen molar-refractivity contribution in [3.8, 4) is 11.4 Å². The standard InChI is InChI=1S/C23H21N3O3S3/c1-4-29-17(27)13-31-22-24-20-19(21(28)25(22)16-11-6-5-7-12-16)32-23(30)26(20)18-14(2)9-8-10-15(18)3/h5-12H,4,13H2,1-3H3. The fourth-order valence-corrected chi connectivity index (χ4v) is 5.60. The van der Waals surface area contributed by atoms with Crippen LogP contribution in [0.4, 0.5) is 0 Å². The SMILES string of the molecule is CCOC(=O)CSc1nc2c(sc(=S)n2-c2c(C)cccc2C)c(=O)n1-c1ccccc1. The van der Waals surface area contributed by atoms with Gasteiger partial charge < -0.3 is 4.74 Å². The van der Waals surface area contributed by atoms with E-state index in [0.29, 0.717) is 31.8 Å². The van der Waals surface area contributed by atoms with Crippen molar-refractivity contribution in [2.24, 2.45) is 0 Å². The van der Waals surface area contributed by atoms with Gasteiger partial charge in [-0.25, -0.2) is 4.98 Å². The lowest BCUT2D eigenvalue weighted by molar-refractivity contribution is -0.139. The number of fused-ring (bicyclic) bond motifs is 1. The Morgan fingerprint density at radius 1 is 1.09 bits per heavy atom. The number of carbonyl (C=O) groups excluding carboxylic acids is 1. The molecule has 0 atom stereocenters. The van der Waals surface area contributed by atoms with Crippen LogP contribution in [-0.2, 0) is 9.53 Å². The first kappa shape index (κ1) is 22.4. The highest BCUT2D eigenvalue weighted by Gasteiger charge is 2.21. The second-order valence-corrected chi connectivity index (χ2v) is 9.65. The predicted molar refractivity (Wildman–Crippen MR) is 132 cm³/mol. The molecule has 9 heteroatoms. The smallest absolute Gasteiger partial charge is 0.316 e. The summed E-state index contributed by atoms with van der Waals surface area (Å²) < 4.78 is 9.49. The minimum absolute atomic E-state index is 0.0485. The molecule has 4 rings (SSSR count). The molecule has 0 spiro atoms. The molecule has 0 fully saturated rings. The number of rotatable bonds is 6. The zero-order chi connectivity index (χ0) is 22.8. The van der Waals surface area contributed by atoms with Crippen LogP contribution in [0.3, 0.4) is 0 Å². The number of aryl methyl sites for hydroxylation is 2. The summed E-state index contributed by atoms with van der Waals surface area (Å²) in [4.78, 5) is 30.5. The highest BCUT2D eigenvalue weighted by atomic mass is 32.2. The number of hydrogen-bond donors (Lipinski definition) is 0. The lowest BCUT2D eigenvalue weighted by Gasteiger charge is -2.14. The first-order chi connectivity index (χ1) is 15.4. The summed E-state index contributed by atoms with van der Waals surface area (Å²) in [6, 6.07) is 15.3. The van der Waals surface area contributed by atoms with Crippen molar-refractivity contribution in [2.75, 3.05) is 12.4 Å². The Hall–Kier alpha value is -2.75. The molecule has 6 nitrogen and oxygen atoms in total. The van der Waals surface area contributed by atoms with Crippen molar-refractivity contribution in [1.82, 2.24) is 14.1 Å². The third-order valence-corrected chi connectivity index (χ3v) is 7.14. The van der Waals surface area contributed by atoms with Gasteiger partial charge in [0.15, 0.2) is 14.8 Å². The highest BCUT2D eigenvalue weighted by molar-refractivity contribution is 7.99. The summed E-state index contributed by atoms with van der Waals surface area (Å²) in [5.74, 6) is -0.310. The van der Waals surface area contributed by atoms with E-state index in [1.165, 1.54) is 27.7 Å². The molecule has 2 aromatic heterocycles. The third-order valence-electron chi connectivity index (χ3n) is 4.88. The van der Waals surface area contributed by atoms with Crippen molar-refractivity contribution in [2.45, 2.75) is 25.9 Å². The Balaban J connectivity index is 1.99. The van der Waals surface area contributed by atoms with Crippen LogP contribution in [-0.4, -0.2) is 32.4 Å². The van der Waals surface area contributed by atoms with Gasteiger partial charge in [-0.15, -0.1) is 0 Å². The van der Waals surface area contributed by atoms with E-state index >= 15 is 0 Å². The van der Waals surface area contributed by atoms with Gasteiger partial charge in [0.2, 0.25) is 0 Å². The summed E-state index contributed by atoms with van der Waals surface area (Å²) in [7, 11) is 0. The number of benzene rings is 2. The second-order valence-electron chi connectivity index (χ2n) is 7.06. The average molecular weight is 484 g/mol. The van der Waals surface area contributed by atoms with Crippen LogP contribution in [0.2, 0.25) is 0 Å². The van der Waals surface area contributed by atoms with Gasteiger partial charge in [0, 0.05) is 0 Å². The van der Waals surface area contributed by atoms with Crippen LogP contribution in [0.15, 0.2) is 58.5 Å². The lowest BCUT2D eigenvalue weighted by Crippen LogP contribution is -2.22. The maximum atomic E-state index is 13.6. The Kier molecular flexibility index (Phi) is 6.59. The Morgan fingerprint density at radius 2 is 1.78 bits per heavy atom. The molecule has 0 aliphatic heterocycles. The molecule has 0 saturated heterocycles. The van der Waals surface area contributed by atoms with Gasteiger partial charge >= 0.3 is 5.97 Å². The first-order valence-electron chi connectivity index (χ1n) is 10.0. The van der Waals surface area contributed by atoms with Crippen LogP contribution < -0.4 is 5.56 Å². The molecule has 0 saturated carbocycles. The molecule has 0 N–H and O–H groups in total. The van der Waals surface area contributed by atoms with Crippen LogP contribution in [0, 0.1) is 17.8 Å². The fraction of sp³-hybridized carbons (Fsp3) is 0.217. The van der Waals surface area contributed by atoms with Gasteiger partial charge in [-0.1, -0.05) is 59.5 Å². The number of nitrogens with zero attached hydrogens (tertiary/aromatic N) is 3. The van der Waals surface area contributed by atoms with E-state index in [-0.39, 0.29) is 17.3 Å². The third kappa shape index (κ3) is 4.15. The normalized spacial score (nSPS) is 11.1. The van der Waals surface area contributed by atoms with Crippen molar-refractivity contribution in [3.05, 3.63) is 74.0 Å². The number of thiazole rings is 1. The molecule has 2 aromatic carbocycles. The van der Waals surface area contributed by atoms with Crippen LogP contribution in [0.5, 0.6) is 0 Å². The van der Waals surface area contributed by atoms with Crippen LogP contribution >= 0.6 is 35.3 Å². The number of carbonyl (C=O) groups is 1. The highest BCUT2D eigenvalue weighted by Crippen LogP contribution is 2.30. The Labute approximate surface area is 198 Å². The maximum absolute atomic E-state index is 13.6. The molecule has 0 aliphatic carbocycles. The molecule has 4 aromatic rings. The molecule has 0 aliphatic rings. The summed E-state index contributed by atoms with van der Waals surface area (Å²) in [5, 5.41) is 0.412. The molecule has 0 radical (unpaired) electrons. The monoisotopic (exact) mass is 483 g/mol. The van der Waals surface area contributed by atoms with Crippen LogP contribution in [0.25, 0.3) is 21.7 Å². The predicted octanol–water partition coefficient (Wildman–Crippen LogP) is 5.24. The summed E-state index contributed by atoms with van der Waals surface area (Å²) >= 11 is 8.09. The van der Waals surface area contributed by atoms with Gasteiger partial charge in [-0.2, -0.15) is 0 Å². The summed E-state index contributed by atoms with van der Waals surface area (Å²) in [5.41, 5.74) is 3.96. The van der Waals surface area contributed by atoms with E-state index in [1.54, 1.807) is 6.92 Å². The molecule has 0 unspecified atom stereocenters. The summed E-state index contributed by atoms with van der Waals surface area (Å²) in [6.07, 6.45) is 0. The van der Waals surface area contributed by atoms with E-state index in [2.05, 4.69) is 0 Å². The second kappa shape index (κ2) is 9.40. The number of aromatic nitrogens is 3. The molecule has 0 amide bonds. The minimum atomic E-state index is -0.358. The van der Waals surface area contributed by atoms with Gasteiger partial charge in [0.25, 0.3) is 5.56 Å². The minimum Gasteiger partial charge on any atom is -0.465 e. The van der Waals surface area contributed by atoms with Crippen LogP contribution in [0.1, 0.15) is 18.1 Å². The number of para-hydroxylation sites is 2. The van der Waals surface area contributed by atoms with E-state index in [9.17, 15) is 9.59 Å². The molecular formula is C23H21N3O3S3. The Bertz CT molecular complexity index is 1400. The van der Waals surface area contributed by atoms with E-state index in [4.69, 9.17) is 21.9 Å². The molecule has 32 heavy (non-hydrogen) atoms. The molecule has 2 heterocycles. The van der Waals surface area contributed by atoms with Gasteiger partial charge in [0.05, 0.1) is 23.7 Å². The largest absolute Gasteiger partial charge is 0.465 e. The number of thioether (sulfide) groups is 1. The molecular weight excluding hydrogens is 462 g/mol. The zero-order valence-corrected chi connectivity index (χ0v) is 20.3. The van der Waals surface area contributed by atoms with Gasteiger partial charge in [-0.3, -0.25) is 18.7 Å². The number of hydrogen-bond acceptors (Lipinski definition) is 7. The molecule has 0 bridgehead atoms. The number of esters is 1. The Morgan fingerprint density at radius 3 is 2.44 bits per heavy atom. The fourth-order valence-electron chi connectivity index (χ4n) is 3.52. The first-order valence-corrected chi connectivity index (χ1v) is 12.2. The van der Waals surface area contributed by atoms with Crippen molar-refractivity contribution in [1.29, 1.82) is 0 Å². The van der Waals surface area contributed by atoms with Crippen molar-refractivity contribution < 1.29 is 9.53 Å². The maximum Gasteiger partial charge on any atom is 0.316 e. The summed E-state index contributed by atoms with van der Waals surface area (Å²) in [6.45, 7) is 6.08. The topological polar surface area (TPSA) is 66.1 Å². The van der Waals surface area contributed by atoms with Crippen molar-refractivity contribution >= 4 is 51.6 Å². The number of ether oxygens (including phenoxy) is 1.